The van der Waals surface area contributed by atoms with Crippen LogP contribution in [0.2, 0.25) is 0 Å². The van der Waals surface area contributed by atoms with Crippen LogP contribution in [0.3, 0.4) is 0 Å². The summed E-state index contributed by atoms with van der Waals surface area (Å²) in [4.78, 5) is 30.0. The molecule has 9 heteroatoms. The topological polar surface area (TPSA) is 43.9 Å². The summed E-state index contributed by atoms with van der Waals surface area (Å²) in [6.45, 7) is 0. The molecule has 0 radical (unpaired) electrons. The summed E-state index contributed by atoms with van der Waals surface area (Å²) in [5.74, 6) is -0.109. The normalized spacial score (nSPS) is 17.3. The molecule has 2 fully saturated rings. The van der Waals surface area contributed by atoms with Gasteiger partial charge in [0.05, 0.1) is 11.3 Å². The number of nitrogens with zero attached hydrogens (tertiary/aromatic N) is 3. The molecule has 180 valence electrons. The van der Waals surface area contributed by atoms with Crippen molar-refractivity contribution < 1.29 is 22.8 Å². The van der Waals surface area contributed by atoms with Crippen LogP contribution >= 0.6 is 12.2 Å². The Morgan fingerprint density at radius 2 is 1.62 bits per heavy atom. The molecule has 0 bridgehead atoms. The van der Waals surface area contributed by atoms with Crippen molar-refractivity contribution in [3.8, 4) is 0 Å². The minimum atomic E-state index is -4.45. The van der Waals surface area contributed by atoms with Crippen LogP contribution in [0.15, 0.2) is 48.5 Å². The summed E-state index contributed by atoms with van der Waals surface area (Å²) in [6.07, 6.45) is -0.325. The number of benzene rings is 2. The van der Waals surface area contributed by atoms with E-state index in [2.05, 4.69) is 0 Å². The summed E-state index contributed by atoms with van der Waals surface area (Å²) in [5, 5.41) is 0.272. The highest BCUT2D eigenvalue weighted by Gasteiger charge is 2.59. The lowest BCUT2D eigenvalue weighted by Crippen LogP contribution is -2.55. The molecule has 1 saturated heterocycles. The minimum absolute atomic E-state index is 0.0906. The van der Waals surface area contributed by atoms with E-state index in [9.17, 15) is 22.8 Å². The molecular formula is C25H26F3N3O2S. The van der Waals surface area contributed by atoms with Gasteiger partial charge in [0.1, 0.15) is 5.54 Å². The van der Waals surface area contributed by atoms with E-state index in [1.54, 1.807) is 19.0 Å². The monoisotopic (exact) mass is 489 g/mol. The van der Waals surface area contributed by atoms with Crippen molar-refractivity contribution in [2.45, 2.75) is 50.2 Å². The van der Waals surface area contributed by atoms with Gasteiger partial charge in [-0.05, 0) is 86.3 Å². The molecule has 0 unspecified atom stereocenters. The fourth-order valence-corrected chi connectivity index (χ4v) is 4.96. The summed E-state index contributed by atoms with van der Waals surface area (Å²) < 4.78 is 38.9. The number of thiocarbonyl (C=S) groups is 1. The van der Waals surface area contributed by atoms with Gasteiger partial charge in [-0.15, -0.1) is 0 Å². The van der Waals surface area contributed by atoms with Gasteiger partial charge < -0.3 is 9.80 Å². The van der Waals surface area contributed by atoms with Crippen molar-refractivity contribution in [1.82, 2.24) is 4.90 Å². The molecule has 1 aliphatic heterocycles. The zero-order valence-electron chi connectivity index (χ0n) is 19.1. The SMILES string of the molecule is CN(C)C(=O)CCCc1ccc(N2C(=S)N(c3ccc(C(F)(F)F)cc3)C(=O)C23CCC3)cc1. The molecule has 0 aromatic heterocycles. The number of aryl methyl sites for hydroxylation is 1. The van der Waals surface area contributed by atoms with Crippen molar-refractivity contribution >= 4 is 40.5 Å². The largest absolute Gasteiger partial charge is 0.416 e. The molecule has 0 N–H and O–H groups in total. The Balaban J connectivity index is 1.54. The van der Waals surface area contributed by atoms with E-state index in [1.165, 1.54) is 17.0 Å². The van der Waals surface area contributed by atoms with E-state index in [4.69, 9.17) is 12.2 Å². The highest BCUT2D eigenvalue weighted by Crippen LogP contribution is 2.48. The predicted octanol–water partition coefficient (Wildman–Crippen LogP) is 5.18. The van der Waals surface area contributed by atoms with Gasteiger partial charge >= 0.3 is 6.18 Å². The maximum absolute atomic E-state index is 13.5. The number of hydrogen-bond acceptors (Lipinski definition) is 3. The van der Waals surface area contributed by atoms with Crippen molar-refractivity contribution in [3.05, 3.63) is 59.7 Å². The first kappa shape index (κ1) is 24.2. The summed E-state index contributed by atoms with van der Waals surface area (Å²) in [6, 6.07) is 12.3. The Morgan fingerprint density at radius 1 is 1.03 bits per heavy atom. The van der Waals surface area contributed by atoms with Crippen molar-refractivity contribution in [2.75, 3.05) is 23.9 Å². The van der Waals surface area contributed by atoms with Crippen LogP contribution in [-0.2, 0) is 22.2 Å². The van der Waals surface area contributed by atoms with E-state index < -0.39 is 17.3 Å². The minimum Gasteiger partial charge on any atom is -0.349 e. The smallest absolute Gasteiger partial charge is 0.349 e. The van der Waals surface area contributed by atoms with Gasteiger partial charge in [-0.2, -0.15) is 13.2 Å². The van der Waals surface area contributed by atoms with E-state index in [0.717, 1.165) is 42.6 Å². The first-order valence-corrected chi connectivity index (χ1v) is 11.6. The maximum atomic E-state index is 13.5. The van der Waals surface area contributed by atoms with Gasteiger partial charge in [0.2, 0.25) is 5.91 Å². The van der Waals surface area contributed by atoms with Crippen LogP contribution in [0.25, 0.3) is 0 Å². The highest BCUT2D eigenvalue weighted by molar-refractivity contribution is 7.81. The van der Waals surface area contributed by atoms with Gasteiger partial charge in [-0.1, -0.05) is 12.1 Å². The zero-order chi connectivity index (χ0) is 24.7. The quantitative estimate of drug-likeness (QED) is 0.525. The number of anilines is 2. The maximum Gasteiger partial charge on any atom is 0.416 e. The van der Waals surface area contributed by atoms with Crippen LogP contribution in [0, 0.1) is 0 Å². The number of rotatable bonds is 6. The molecule has 1 spiro atoms. The average molecular weight is 490 g/mol. The molecule has 1 heterocycles. The number of amides is 2. The average Bonchev–Trinajstić information content (AvgIpc) is 3.00. The predicted molar refractivity (Wildman–Crippen MR) is 129 cm³/mol. The first-order chi connectivity index (χ1) is 16.0. The standard InChI is InChI=1S/C25H26F3N3O2S/c1-29(2)21(32)6-3-5-17-7-11-20(12-8-17)31-23(34)30(22(33)24(31)15-4-16-24)19-13-9-18(10-14-19)25(26,27)28/h7-14H,3-6,15-16H2,1-2H3. The van der Waals surface area contributed by atoms with Gasteiger partial charge in [0, 0.05) is 26.2 Å². The second-order valence-corrected chi connectivity index (χ2v) is 9.36. The molecular weight excluding hydrogens is 463 g/mol. The number of halogens is 3. The van der Waals surface area contributed by atoms with Crippen molar-refractivity contribution in [1.29, 1.82) is 0 Å². The van der Waals surface area contributed by atoms with Gasteiger partial charge in [-0.3, -0.25) is 14.5 Å². The summed E-state index contributed by atoms with van der Waals surface area (Å²) in [7, 11) is 3.48. The van der Waals surface area contributed by atoms with Crippen LogP contribution in [0.4, 0.5) is 24.5 Å². The van der Waals surface area contributed by atoms with E-state index >= 15 is 0 Å². The second kappa shape index (κ2) is 9.02. The van der Waals surface area contributed by atoms with Crippen LogP contribution in [0.1, 0.15) is 43.2 Å². The lowest BCUT2D eigenvalue weighted by atomic mass is 9.75. The van der Waals surface area contributed by atoms with E-state index in [0.29, 0.717) is 24.9 Å². The molecule has 0 atom stereocenters. The van der Waals surface area contributed by atoms with Crippen molar-refractivity contribution in [2.24, 2.45) is 0 Å². The third-order valence-corrected chi connectivity index (χ3v) is 6.96. The molecule has 2 aliphatic rings. The fourth-order valence-electron chi connectivity index (χ4n) is 4.49. The Kier molecular flexibility index (Phi) is 6.42. The third kappa shape index (κ3) is 4.29. The third-order valence-electron chi connectivity index (χ3n) is 6.59. The molecule has 2 aromatic carbocycles. The Bertz CT molecular complexity index is 1090. The summed E-state index contributed by atoms with van der Waals surface area (Å²) in [5.41, 5.74) is 0.625. The highest BCUT2D eigenvalue weighted by atomic mass is 32.1. The molecule has 1 saturated carbocycles. The lowest BCUT2D eigenvalue weighted by molar-refractivity contribution is -0.137. The molecule has 5 nitrogen and oxygen atoms in total. The molecule has 2 amide bonds. The zero-order valence-corrected chi connectivity index (χ0v) is 19.9. The first-order valence-electron chi connectivity index (χ1n) is 11.2. The number of carbonyl (C=O) groups is 2. The van der Waals surface area contributed by atoms with E-state index in [-0.39, 0.29) is 16.9 Å². The Hall–Kier alpha value is -2.94. The van der Waals surface area contributed by atoms with E-state index in [1.807, 2.05) is 29.2 Å². The van der Waals surface area contributed by atoms with Crippen LogP contribution in [0.5, 0.6) is 0 Å². The van der Waals surface area contributed by atoms with Gasteiger partial charge in [-0.25, -0.2) is 0 Å². The van der Waals surface area contributed by atoms with Crippen molar-refractivity contribution in [3.63, 3.8) is 0 Å². The number of carbonyl (C=O) groups excluding carboxylic acids is 2. The van der Waals surface area contributed by atoms with Gasteiger partial charge in [0.15, 0.2) is 5.11 Å². The Morgan fingerprint density at radius 3 is 2.12 bits per heavy atom. The lowest BCUT2D eigenvalue weighted by Gasteiger charge is -2.43. The molecule has 34 heavy (non-hydrogen) atoms. The van der Waals surface area contributed by atoms with Crippen LogP contribution < -0.4 is 9.80 Å². The number of alkyl halides is 3. The molecule has 2 aromatic rings. The Labute approximate surface area is 202 Å². The molecule has 4 rings (SSSR count). The number of hydrogen-bond donors (Lipinski definition) is 0. The van der Waals surface area contributed by atoms with Crippen LogP contribution in [-0.4, -0.2) is 41.5 Å². The second-order valence-electron chi connectivity index (χ2n) is 9.00. The fraction of sp³-hybridized carbons (Fsp3) is 0.400. The molecule has 1 aliphatic carbocycles. The summed E-state index contributed by atoms with van der Waals surface area (Å²) >= 11 is 5.68. The van der Waals surface area contributed by atoms with Gasteiger partial charge in [0.25, 0.3) is 5.91 Å².